The van der Waals surface area contributed by atoms with Gasteiger partial charge in [0.05, 0.1) is 16.5 Å². The Morgan fingerprint density at radius 1 is 1.20 bits per heavy atom. The average molecular weight is 483 g/mol. The van der Waals surface area contributed by atoms with E-state index < -0.39 is 17.3 Å². The van der Waals surface area contributed by atoms with Crippen molar-refractivity contribution in [3.63, 3.8) is 0 Å². The topological polar surface area (TPSA) is 91.7 Å². The van der Waals surface area contributed by atoms with Crippen LogP contribution in [0.1, 0.15) is 29.8 Å². The van der Waals surface area contributed by atoms with Crippen LogP contribution in [0.25, 0.3) is 16.7 Å². The number of hydrogen-bond acceptors (Lipinski definition) is 6. The fourth-order valence-corrected chi connectivity index (χ4v) is 4.30. The van der Waals surface area contributed by atoms with Crippen LogP contribution >= 0.6 is 0 Å². The van der Waals surface area contributed by atoms with Gasteiger partial charge in [-0.1, -0.05) is 6.07 Å². The van der Waals surface area contributed by atoms with Crippen LogP contribution < -0.4 is 10.9 Å². The van der Waals surface area contributed by atoms with Crippen molar-refractivity contribution in [3.8, 4) is 5.82 Å². The standard InChI is InChI=1S/C24H24F3N7O/c1-33-9-5-16(6-10-33)30-20-13-19-17(12-18(20)24(25,26)27)23(35)32-21(31-19)11-15-3-4-22(28-14-15)34-8-2-7-29-34/h2-4,7-8,12-14,16,30H,5-6,9-11H2,1H3,(H,31,32,35). The van der Waals surface area contributed by atoms with Crippen molar-refractivity contribution in [3.05, 3.63) is 76.2 Å². The maximum atomic E-state index is 13.8. The van der Waals surface area contributed by atoms with Crippen molar-refractivity contribution in [2.45, 2.75) is 31.5 Å². The molecule has 4 heterocycles. The van der Waals surface area contributed by atoms with Gasteiger partial charge in [-0.05, 0) is 62.8 Å². The number of halogens is 3. The molecule has 35 heavy (non-hydrogen) atoms. The van der Waals surface area contributed by atoms with E-state index >= 15 is 0 Å². The quantitative estimate of drug-likeness (QED) is 0.451. The zero-order valence-electron chi connectivity index (χ0n) is 19.0. The molecule has 0 unspecified atom stereocenters. The number of likely N-dealkylation sites (tertiary alicyclic amines) is 1. The fraction of sp³-hybridized carbons (Fsp3) is 0.333. The third kappa shape index (κ3) is 5.04. The Labute approximate surface area is 198 Å². The second kappa shape index (κ2) is 9.14. The summed E-state index contributed by atoms with van der Waals surface area (Å²) < 4.78 is 43.1. The molecule has 0 aliphatic carbocycles. The molecule has 0 saturated carbocycles. The Kier molecular flexibility index (Phi) is 6.01. The molecular formula is C24H24F3N7O. The molecule has 5 rings (SSSR count). The lowest BCUT2D eigenvalue weighted by atomic mass is 10.0. The predicted molar refractivity (Wildman–Crippen MR) is 126 cm³/mol. The van der Waals surface area contributed by atoms with Crippen LogP contribution in [-0.4, -0.2) is 55.8 Å². The van der Waals surface area contributed by atoms with E-state index in [-0.39, 0.29) is 29.1 Å². The molecule has 1 aliphatic rings. The number of H-pyrrole nitrogens is 1. The molecule has 1 aromatic carbocycles. The number of aromatic nitrogens is 5. The number of hydrogen-bond donors (Lipinski definition) is 2. The molecule has 11 heteroatoms. The highest BCUT2D eigenvalue weighted by molar-refractivity contribution is 5.83. The Hall–Kier alpha value is -3.73. The minimum Gasteiger partial charge on any atom is -0.382 e. The number of nitrogens with zero attached hydrogens (tertiary/aromatic N) is 5. The molecule has 3 aromatic heterocycles. The summed E-state index contributed by atoms with van der Waals surface area (Å²) in [6.07, 6.45) is 2.23. The number of aromatic amines is 1. The number of anilines is 1. The van der Waals surface area contributed by atoms with Gasteiger partial charge >= 0.3 is 6.18 Å². The fourth-order valence-electron chi connectivity index (χ4n) is 4.30. The number of piperidine rings is 1. The third-order valence-electron chi connectivity index (χ3n) is 6.20. The molecule has 0 spiro atoms. The molecule has 0 radical (unpaired) electrons. The first-order chi connectivity index (χ1) is 16.8. The second-order valence-corrected chi connectivity index (χ2v) is 8.80. The van der Waals surface area contributed by atoms with Gasteiger partial charge in [0.25, 0.3) is 5.56 Å². The first kappa shape index (κ1) is 23.0. The Bertz CT molecular complexity index is 1370. The van der Waals surface area contributed by atoms with E-state index in [0.717, 1.165) is 37.6 Å². The first-order valence-electron chi connectivity index (χ1n) is 11.3. The molecule has 2 N–H and O–H groups in total. The zero-order valence-corrected chi connectivity index (χ0v) is 19.0. The molecule has 8 nitrogen and oxygen atoms in total. The summed E-state index contributed by atoms with van der Waals surface area (Å²) in [5.74, 6) is 0.990. The lowest BCUT2D eigenvalue weighted by Gasteiger charge is -2.31. The van der Waals surface area contributed by atoms with Gasteiger partial charge in [0.1, 0.15) is 5.82 Å². The zero-order chi connectivity index (χ0) is 24.6. The van der Waals surface area contributed by atoms with E-state index in [1.165, 1.54) is 6.07 Å². The molecule has 1 saturated heterocycles. The minimum atomic E-state index is -4.60. The number of rotatable bonds is 5. The van der Waals surface area contributed by atoms with Gasteiger partial charge in [-0.3, -0.25) is 4.79 Å². The van der Waals surface area contributed by atoms with E-state index in [1.54, 1.807) is 35.4 Å². The molecule has 1 aliphatic heterocycles. The van der Waals surface area contributed by atoms with Crippen molar-refractivity contribution in [1.29, 1.82) is 0 Å². The number of alkyl halides is 3. The van der Waals surface area contributed by atoms with Crippen molar-refractivity contribution >= 4 is 16.6 Å². The smallest absolute Gasteiger partial charge is 0.382 e. The molecule has 0 atom stereocenters. The molecule has 4 aromatic rings. The predicted octanol–water partition coefficient (Wildman–Crippen LogP) is 3.62. The third-order valence-corrected chi connectivity index (χ3v) is 6.20. The van der Waals surface area contributed by atoms with Crippen LogP contribution in [0.3, 0.4) is 0 Å². The summed E-state index contributed by atoms with van der Waals surface area (Å²) in [7, 11) is 1.99. The molecule has 182 valence electrons. The van der Waals surface area contributed by atoms with E-state index in [9.17, 15) is 18.0 Å². The van der Waals surface area contributed by atoms with Crippen LogP contribution in [0.2, 0.25) is 0 Å². The van der Waals surface area contributed by atoms with Gasteiger partial charge in [0.15, 0.2) is 5.82 Å². The van der Waals surface area contributed by atoms with E-state index in [4.69, 9.17) is 0 Å². The van der Waals surface area contributed by atoms with E-state index in [1.807, 2.05) is 13.1 Å². The summed E-state index contributed by atoms with van der Waals surface area (Å²) in [6, 6.07) is 7.58. The van der Waals surface area contributed by atoms with Gasteiger partial charge in [-0.15, -0.1) is 0 Å². The number of nitrogens with one attached hydrogen (secondary N) is 2. The van der Waals surface area contributed by atoms with Gasteiger partial charge < -0.3 is 15.2 Å². The van der Waals surface area contributed by atoms with Crippen LogP contribution in [0.5, 0.6) is 0 Å². The lowest BCUT2D eigenvalue weighted by Crippen LogP contribution is -2.37. The van der Waals surface area contributed by atoms with Crippen molar-refractivity contribution in [2.24, 2.45) is 0 Å². The van der Waals surface area contributed by atoms with E-state index in [2.05, 4.69) is 30.3 Å². The van der Waals surface area contributed by atoms with Crippen molar-refractivity contribution in [1.82, 2.24) is 29.6 Å². The minimum absolute atomic E-state index is 0.0474. The summed E-state index contributed by atoms with van der Waals surface area (Å²) in [5, 5.41) is 7.09. The van der Waals surface area contributed by atoms with Crippen LogP contribution in [-0.2, 0) is 12.6 Å². The van der Waals surface area contributed by atoms with Crippen molar-refractivity contribution < 1.29 is 13.2 Å². The van der Waals surface area contributed by atoms with E-state index in [0.29, 0.717) is 11.6 Å². The monoisotopic (exact) mass is 483 g/mol. The van der Waals surface area contributed by atoms with Crippen molar-refractivity contribution in [2.75, 3.05) is 25.5 Å². The summed E-state index contributed by atoms with van der Waals surface area (Å²) in [4.78, 5) is 26.3. The first-order valence-corrected chi connectivity index (χ1v) is 11.3. The molecular weight excluding hydrogens is 459 g/mol. The highest BCUT2D eigenvalue weighted by Crippen LogP contribution is 2.37. The number of fused-ring (bicyclic) bond motifs is 1. The average Bonchev–Trinajstić information content (AvgIpc) is 3.35. The Morgan fingerprint density at radius 3 is 2.66 bits per heavy atom. The van der Waals surface area contributed by atoms with Gasteiger partial charge in [-0.2, -0.15) is 18.3 Å². The Morgan fingerprint density at radius 2 is 2.00 bits per heavy atom. The van der Waals surface area contributed by atoms with Gasteiger partial charge in [0.2, 0.25) is 0 Å². The highest BCUT2D eigenvalue weighted by atomic mass is 19.4. The normalized spacial score (nSPS) is 15.5. The summed E-state index contributed by atoms with van der Waals surface area (Å²) in [6.45, 7) is 1.61. The molecule has 1 fully saturated rings. The number of benzene rings is 1. The maximum Gasteiger partial charge on any atom is 0.418 e. The van der Waals surface area contributed by atoms with Gasteiger partial charge in [-0.25, -0.2) is 14.6 Å². The summed E-state index contributed by atoms with van der Waals surface area (Å²) in [5.41, 5.74) is -0.507. The SMILES string of the molecule is CN1CCC(Nc2cc3nc(Cc4ccc(-n5cccn5)nc4)[nH]c(=O)c3cc2C(F)(F)F)CC1. The largest absolute Gasteiger partial charge is 0.418 e. The highest BCUT2D eigenvalue weighted by Gasteiger charge is 2.35. The second-order valence-electron chi connectivity index (χ2n) is 8.80. The van der Waals surface area contributed by atoms with Gasteiger partial charge in [0, 0.05) is 36.7 Å². The maximum absolute atomic E-state index is 13.8. The number of pyridine rings is 1. The van der Waals surface area contributed by atoms with Crippen LogP contribution in [0, 0.1) is 0 Å². The van der Waals surface area contributed by atoms with Crippen LogP contribution in [0.15, 0.2) is 53.7 Å². The molecule has 0 bridgehead atoms. The van der Waals surface area contributed by atoms with Crippen LogP contribution in [0.4, 0.5) is 18.9 Å². The summed E-state index contributed by atoms with van der Waals surface area (Å²) >= 11 is 0. The molecule has 0 amide bonds. The Balaban J connectivity index is 1.46. The lowest BCUT2D eigenvalue weighted by molar-refractivity contribution is -0.136.